The van der Waals surface area contributed by atoms with Crippen LogP contribution in [0.5, 0.6) is 0 Å². The number of nitrogens with zero attached hydrogens (tertiary/aromatic N) is 2. The highest BCUT2D eigenvalue weighted by atomic mass is 16.2. The fourth-order valence-corrected chi connectivity index (χ4v) is 2.01. The molecule has 0 saturated carbocycles. The Balaban J connectivity index is 2.39. The Morgan fingerprint density at radius 2 is 2.20 bits per heavy atom. The first-order chi connectivity index (χ1) is 7.15. The zero-order valence-electron chi connectivity index (χ0n) is 10.1. The molecular weight excluding hydrogens is 190 g/mol. The maximum absolute atomic E-state index is 11.9. The number of likely N-dealkylation sites (N-methyl/N-ethyl adjacent to an activating group) is 1. The largest absolute Gasteiger partial charge is 0.339 e. The Hall–Kier alpha value is -0.610. The van der Waals surface area contributed by atoms with Gasteiger partial charge >= 0.3 is 0 Å². The van der Waals surface area contributed by atoms with E-state index in [9.17, 15) is 4.79 Å². The molecule has 15 heavy (non-hydrogen) atoms. The van der Waals surface area contributed by atoms with Crippen molar-refractivity contribution in [2.24, 2.45) is 0 Å². The molecule has 1 rings (SSSR count). The van der Waals surface area contributed by atoms with Crippen LogP contribution in [-0.4, -0.2) is 62.0 Å². The van der Waals surface area contributed by atoms with Crippen LogP contribution in [0.25, 0.3) is 0 Å². The first kappa shape index (κ1) is 12.5. The van der Waals surface area contributed by atoms with Crippen molar-refractivity contribution < 1.29 is 4.79 Å². The summed E-state index contributed by atoms with van der Waals surface area (Å²) in [6.45, 7) is 5.74. The lowest BCUT2D eigenvalue weighted by Crippen LogP contribution is -2.42. The Morgan fingerprint density at radius 1 is 1.47 bits per heavy atom. The Bertz CT molecular complexity index is 200. The van der Waals surface area contributed by atoms with E-state index in [1.807, 2.05) is 19.0 Å². The van der Waals surface area contributed by atoms with E-state index in [-0.39, 0.29) is 0 Å². The van der Waals surface area contributed by atoms with Crippen LogP contribution in [0, 0.1) is 0 Å². The first-order valence-corrected chi connectivity index (χ1v) is 5.80. The average Bonchev–Trinajstić information content (AvgIpc) is 2.69. The third kappa shape index (κ3) is 3.80. The molecule has 1 heterocycles. The average molecular weight is 213 g/mol. The standard InChI is InChI=1S/C11H23N3O/c1-4-14(10-5-7-12-9-10)11(15)6-8-13(2)3/h10,12H,4-9H2,1-3H3. The minimum Gasteiger partial charge on any atom is -0.339 e. The number of carbonyl (C=O) groups is 1. The fraction of sp³-hybridized carbons (Fsp3) is 0.909. The molecule has 0 bridgehead atoms. The highest BCUT2D eigenvalue weighted by Gasteiger charge is 2.24. The Labute approximate surface area is 92.6 Å². The zero-order chi connectivity index (χ0) is 11.3. The summed E-state index contributed by atoms with van der Waals surface area (Å²) < 4.78 is 0. The van der Waals surface area contributed by atoms with Crippen LogP contribution in [0.4, 0.5) is 0 Å². The van der Waals surface area contributed by atoms with E-state index in [0.29, 0.717) is 18.4 Å². The van der Waals surface area contributed by atoms with E-state index in [2.05, 4.69) is 17.1 Å². The van der Waals surface area contributed by atoms with Crippen LogP contribution in [0.2, 0.25) is 0 Å². The molecule has 4 nitrogen and oxygen atoms in total. The van der Waals surface area contributed by atoms with Gasteiger partial charge in [-0.15, -0.1) is 0 Å². The van der Waals surface area contributed by atoms with Crippen LogP contribution < -0.4 is 5.32 Å². The van der Waals surface area contributed by atoms with Crippen LogP contribution in [0.15, 0.2) is 0 Å². The maximum atomic E-state index is 11.9. The molecule has 88 valence electrons. The first-order valence-electron chi connectivity index (χ1n) is 5.80. The van der Waals surface area contributed by atoms with Crippen LogP contribution in [-0.2, 0) is 4.79 Å². The van der Waals surface area contributed by atoms with Gasteiger partial charge in [0.15, 0.2) is 0 Å². The van der Waals surface area contributed by atoms with E-state index in [1.54, 1.807) is 0 Å². The van der Waals surface area contributed by atoms with Gasteiger partial charge in [-0.3, -0.25) is 4.79 Å². The van der Waals surface area contributed by atoms with Gasteiger partial charge < -0.3 is 15.1 Å². The van der Waals surface area contributed by atoms with E-state index in [0.717, 1.165) is 32.6 Å². The number of hydrogen-bond acceptors (Lipinski definition) is 3. The van der Waals surface area contributed by atoms with Crippen molar-refractivity contribution in [1.82, 2.24) is 15.1 Å². The minimum atomic E-state index is 0.292. The van der Waals surface area contributed by atoms with Crippen molar-refractivity contribution in [2.75, 3.05) is 40.3 Å². The van der Waals surface area contributed by atoms with E-state index in [1.165, 1.54) is 0 Å². The van der Waals surface area contributed by atoms with Gasteiger partial charge in [0, 0.05) is 32.1 Å². The molecule has 1 N–H and O–H groups in total. The summed E-state index contributed by atoms with van der Waals surface area (Å²) in [7, 11) is 4.00. The molecule has 1 aliphatic heterocycles. The molecule has 0 aromatic heterocycles. The van der Waals surface area contributed by atoms with Crippen molar-refractivity contribution in [1.29, 1.82) is 0 Å². The molecule has 1 atom stereocenters. The molecular formula is C11H23N3O. The van der Waals surface area contributed by atoms with E-state index >= 15 is 0 Å². The normalized spacial score (nSPS) is 20.9. The molecule has 0 radical (unpaired) electrons. The SMILES string of the molecule is CCN(C(=O)CCN(C)C)C1CCNC1. The van der Waals surface area contributed by atoms with Crippen molar-refractivity contribution in [2.45, 2.75) is 25.8 Å². The summed E-state index contributed by atoms with van der Waals surface area (Å²) in [6.07, 6.45) is 1.74. The second-order valence-corrected chi connectivity index (χ2v) is 4.38. The summed E-state index contributed by atoms with van der Waals surface area (Å²) in [5.41, 5.74) is 0. The van der Waals surface area contributed by atoms with Crippen LogP contribution in [0.3, 0.4) is 0 Å². The number of nitrogens with one attached hydrogen (secondary N) is 1. The third-order valence-electron chi connectivity index (χ3n) is 2.91. The molecule has 0 aromatic carbocycles. The molecule has 1 fully saturated rings. The number of rotatable bonds is 5. The number of amides is 1. The molecule has 1 unspecified atom stereocenters. The molecule has 1 saturated heterocycles. The topological polar surface area (TPSA) is 35.6 Å². The minimum absolute atomic E-state index is 0.292. The summed E-state index contributed by atoms with van der Waals surface area (Å²) in [4.78, 5) is 16.0. The molecule has 4 heteroatoms. The van der Waals surface area contributed by atoms with Gasteiger partial charge in [0.2, 0.25) is 5.91 Å². The second kappa shape index (κ2) is 6.08. The molecule has 0 spiro atoms. The van der Waals surface area contributed by atoms with Crippen molar-refractivity contribution in [3.05, 3.63) is 0 Å². The number of carbonyl (C=O) groups excluding carboxylic acids is 1. The van der Waals surface area contributed by atoms with Crippen molar-refractivity contribution >= 4 is 5.91 Å². The molecule has 0 aromatic rings. The fourth-order valence-electron chi connectivity index (χ4n) is 2.01. The lowest BCUT2D eigenvalue weighted by atomic mass is 10.2. The maximum Gasteiger partial charge on any atom is 0.224 e. The van der Waals surface area contributed by atoms with Crippen molar-refractivity contribution in [3.63, 3.8) is 0 Å². The van der Waals surface area contributed by atoms with Gasteiger partial charge in [0.1, 0.15) is 0 Å². The Kier molecular flexibility index (Phi) is 5.05. The predicted octanol–water partition coefficient (Wildman–Crippen LogP) is 0.149. The van der Waals surface area contributed by atoms with E-state index < -0.39 is 0 Å². The number of hydrogen-bond donors (Lipinski definition) is 1. The summed E-state index contributed by atoms with van der Waals surface area (Å²) in [6, 6.07) is 0.421. The second-order valence-electron chi connectivity index (χ2n) is 4.38. The van der Waals surface area contributed by atoms with E-state index in [4.69, 9.17) is 0 Å². The van der Waals surface area contributed by atoms with Gasteiger partial charge in [-0.05, 0) is 34.0 Å². The quantitative estimate of drug-likeness (QED) is 0.706. The van der Waals surface area contributed by atoms with Crippen LogP contribution in [0.1, 0.15) is 19.8 Å². The summed E-state index contributed by atoms with van der Waals surface area (Å²) >= 11 is 0. The molecule has 1 amide bonds. The van der Waals surface area contributed by atoms with Crippen molar-refractivity contribution in [3.8, 4) is 0 Å². The lowest BCUT2D eigenvalue weighted by molar-refractivity contribution is -0.133. The molecule has 1 aliphatic rings. The van der Waals surface area contributed by atoms with Gasteiger partial charge in [-0.2, -0.15) is 0 Å². The van der Waals surface area contributed by atoms with Gasteiger partial charge in [0.25, 0.3) is 0 Å². The monoisotopic (exact) mass is 213 g/mol. The van der Waals surface area contributed by atoms with Gasteiger partial charge in [-0.1, -0.05) is 0 Å². The summed E-state index contributed by atoms with van der Waals surface area (Å²) in [5.74, 6) is 0.292. The van der Waals surface area contributed by atoms with Gasteiger partial charge in [-0.25, -0.2) is 0 Å². The summed E-state index contributed by atoms with van der Waals surface area (Å²) in [5, 5.41) is 3.30. The lowest BCUT2D eigenvalue weighted by Gasteiger charge is -2.27. The highest BCUT2D eigenvalue weighted by Crippen LogP contribution is 2.09. The zero-order valence-corrected chi connectivity index (χ0v) is 10.1. The predicted molar refractivity (Wildman–Crippen MR) is 61.8 cm³/mol. The highest BCUT2D eigenvalue weighted by molar-refractivity contribution is 5.76. The van der Waals surface area contributed by atoms with Gasteiger partial charge in [0.05, 0.1) is 0 Å². The third-order valence-corrected chi connectivity index (χ3v) is 2.91. The van der Waals surface area contributed by atoms with Crippen LogP contribution >= 0.6 is 0 Å². The smallest absolute Gasteiger partial charge is 0.224 e. The molecule has 0 aliphatic carbocycles. The Morgan fingerprint density at radius 3 is 2.67 bits per heavy atom.